The quantitative estimate of drug-likeness (QED) is 0.415. The van der Waals surface area contributed by atoms with E-state index in [1.54, 1.807) is 6.92 Å². The van der Waals surface area contributed by atoms with Crippen LogP contribution in [0.25, 0.3) is 0 Å². The SMILES string of the molecule is CCC(CC)(c1ccc(OCC(O)C(C)(C)C)c(C)c1)c1cc(C)c(C(=O)NC(C)C(=O)OC)s1. The van der Waals surface area contributed by atoms with Crippen LogP contribution in [0.15, 0.2) is 24.3 Å². The molecule has 0 aliphatic carbocycles. The van der Waals surface area contributed by atoms with E-state index in [1.165, 1.54) is 24.0 Å². The van der Waals surface area contributed by atoms with Crippen LogP contribution in [0.1, 0.15) is 85.6 Å². The van der Waals surface area contributed by atoms with Crippen LogP contribution in [0.4, 0.5) is 0 Å². The molecule has 2 unspecified atom stereocenters. The maximum absolute atomic E-state index is 12.9. The van der Waals surface area contributed by atoms with Crippen LogP contribution in [0.5, 0.6) is 5.75 Å². The molecule has 35 heavy (non-hydrogen) atoms. The molecule has 7 heteroatoms. The van der Waals surface area contributed by atoms with Gasteiger partial charge in [-0.25, -0.2) is 4.79 Å². The number of ether oxygens (including phenoxy) is 2. The second-order valence-corrected chi connectivity index (χ2v) is 11.4. The second-order valence-electron chi connectivity index (χ2n) is 10.3. The Kier molecular flexibility index (Phi) is 9.54. The van der Waals surface area contributed by atoms with Crippen molar-refractivity contribution < 1.29 is 24.2 Å². The molecule has 2 atom stereocenters. The van der Waals surface area contributed by atoms with Crippen LogP contribution in [-0.4, -0.2) is 42.8 Å². The smallest absolute Gasteiger partial charge is 0.328 e. The molecule has 0 radical (unpaired) electrons. The van der Waals surface area contributed by atoms with Crippen molar-refractivity contribution in [2.45, 2.75) is 85.8 Å². The summed E-state index contributed by atoms with van der Waals surface area (Å²) in [6.07, 6.45) is 1.17. The lowest BCUT2D eigenvalue weighted by Gasteiger charge is -2.32. The summed E-state index contributed by atoms with van der Waals surface area (Å²) in [7, 11) is 1.31. The van der Waals surface area contributed by atoms with Crippen LogP contribution in [0.2, 0.25) is 0 Å². The Hall–Kier alpha value is -2.38. The number of carbonyl (C=O) groups excluding carboxylic acids is 2. The Labute approximate surface area is 214 Å². The highest BCUT2D eigenvalue weighted by Crippen LogP contribution is 2.44. The van der Waals surface area contributed by atoms with Gasteiger partial charge in [-0.3, -0.25) is 4.79 Å². The minimum absolute atomic E-state index is 0.239. The first-order valence-corrected chi connectivity index (χ1v) is 13.0. The summed E-state index contributed by atoms with van der Waals surface area (Å²) in [5, 5.41) is 13.1. The predicted octanol–water partition coefficient (Wildman–Crippen LogP) is 5.55. The van der Waals surface area contributed by atoms with E-state index in [0.717, 1.165) is 34.6 Å². The fourth-order valence-electron chi connectivity index (χ4n) is 4.12. The molecule has 0 aliphatic heterocycles. The Morgan fingerprint density at radius 1 is 1.09 bits per heavy atom. The van der Waals surface area contributed by atoms with Gasteiger partial charge in [0.05, 0.1) is 18.1 Å². The van der Waals surface area contributed by atoms with Gasteiger partial charge < -0.3 is 19.9 Å². The van der Waals surface area contributed by atoms with E-state index in [2.05, 4.69) is 37.4 Å². The third-order valence-corrected chi connectivity index (χ3v) is 8.27. The number of aliphatic hydroxyl groups is 1. The normalized spacial score (nSPS) is 13.8. The topological polar surface area (TPSA) is 84.9 Å². The van der Waals surface area contributed by atoms with Crippen molar-refractivity contribution in [3.63, 3.8) is 0 Å². The number of hydrogen-bond donors (Lipinski definition) is 2. The molecule has 6 nitrogen and oxygen atoms in total. The fraction of sp³-hybridized carbons (Fsp3) is 0.571. The summed E-state index contributed by atoms with van der Waals surface area (Å²) in [5.41, 5.74) is 2.56. The van der Waals surface area contributed by atoms with Crippen molar-refractivity contribution in [1.82, 2.24) is 5.32 Å². The number of rotatable bonds is 10. The monoisotopic (exact) mass is 503 g/mol. The molecule has 0 saturated heterocycles. The Morgan fingerprint density at radius 3 is 2.23 bits per heavy atom. The number of hydrogen-bond acceptors (Lipinski definition) is 6. The minimum Gasteiger partial charge on any atom is -0.491 e. The number of nitrogens with one attached hydrogen (secondary N) is 1. The summed E-state index contributed by atoms with van der Waals surface area (Å²) in [4.78, 5) is 26.4. The summed E-state index contributed by atoms with van der Waals surface area (Å²) in [5.74, 6) is 0.0181. The molecular formula is C28H41NO5S. The van der Waals surface area contributed by atoms with Gasteiger partial charge in [0.1, 0.15) is 18.4 Å². The molecule has 0 bridgehead atoms. The highest BCUT2D eigenvalue weighted by molar-refractivity contribution is 7.14. The first-order chi connectivity index (χ1) is 16.3. The lowest BCUT2D eigenvalue weighted by Crippen LogP contribution is -2.39. The van der Waals surface area contributed by atoms with E-state index in [0.29, 0.717) is 4.88 Å². The summed E-state index contributed by atoms with van der Waals surface area (Å²) >= 11 is 1.48. The number of aryl methyl sites for hydroxylation is 2. The molecule has 2 N–H and O–H groups in total. The average Bonchev–Trinajstić information content (AvgIpc) is 3.20. The van der Waals surface area contributed by atoms with Gasteiger partial charge >= 0.3 is 5.97 Å². The molecular weight excluding hydrogens is 462 g/mol. The molecule has 0 aliphatic rings. The van der Waals surface area contributed by atoms with Gasteiger partial charge in [0.15, 0.2) is 0 Å². The van der Waals surface area contributed by atoms with Crippen molar-refractivity contribution in [2.24, 2.45) is 5.41 Å². The van der Waals surface area contributed by atoms with Crippen molar-refractivity contribution in [3.8, 4) is 5.75 Å². The van der Waals surface area contributed by atoms with Crippen molar-refractivity contribution in [2.75, 3.05) is 13.7 Å². The third kappa shape index (κ3) is 6.44. The van der Waals surface area contributed by atoms with Crippen molar-refractivity contribution >= 4 is 23.2 Å². The van der Waals surface area contributed by atoms with Gasteiger partial charge in [-0.2, -0.15) is 0 Å². The zero-order valence-electron chi connectivity index (χ0n) is 22.6. The van der Waals surface area contributed by atoms with Crippen LogP contribution in [0.3, 0.4) is 0 Å². The van der Waals surface area contributed by atoms with E-state index in [-0.39, 0.29) is 23.3 Å². The minimum atomic E-state index is -0.716. The van der Waals surface area contributed by atoms with Crippen LogP contribution < -0.4 is 10.1 Å². The summed E-state index contributed by atoms with van der Waals surface area (Å²) in [6.45, 7) is 16.1. The second kappa shape index (κ2) is 11.6. The third-order valence-electron chi connectivity index (χ3n) is 6.83. The van der Waals surface area contributed by atoms with Crippen LogP contribution in [-0.2, 0) is 14.9 Å². The van der Waals surface area contributed by atoms with E-state index >= 15 is 0 Å². The van der Waals surface area contributed by atoms with Crippen LogP contribution in [0, 0.1) is 19.3 Å². The van der Waals surface area contributed by atoms with E-state index in [1.807, 2.05) is 40.7 Å². The molecule has 2 rings (SSSR count). The average molecular weight is 504 g/mol. The maximum Gasteiger partial charge on any atom is 0.328 e. The van der Waals surface area contributed by atoms with Crippen LogP contribution >= 0.6 is 11.3 Å². The van der Waals surface area contributed by atoms with Gasteiger partial charge in [0, 0.05) is 10.3 Å². The van der Waals surface area contributed by atoms with E-state index < -0.39 is 18.1 Å². The largest absolute Gasteiger partial charge is 0.491 e. The molecule has 194 valence electrons. The number of esters is 1. The lowest BCUT2D eigenvalue weighted by atomic mass is 9.74. The summed E-state index contributed by atoms with van der Waals surface area (Å²) in [6, 6.07) is 7.60. The molecule has 1 heterocycles. The number of carbonyl (C=O) groups is 2. The van der Waals surface area contributed by atoms with Gasteiger partial charge in [0.2, 0.25) is 0 Å². The van der Waals surface area contributed by atoms with Crippen molar-refractivity contribution in [3.05, 3.63) is 50.7 Å². The molecule has 1 amide bonds. The number of thiophene rings is 1. The highest BCUT2D eigenvalue weighted by atomic mass is 32.1. The molecule has 0 fully saturated rings. The molecule has 1 aromatic carbocycles. The zero-order chi connectivity index (χ0) is 26.6. The van der Waals surface area contributed by atoms with Gasteiger partial charge in [-0.1, -0.05) is 46.8 Å². The number of amides is 1. The number of aliphatic hydroxyl groups excluding tert-OH is 1. The molecule has 0 spiro atoms. The Bertz CT molecular complexity index is 1030. The van der Waals surface area contributed by atoms with Gasteiger partial charge in [-0.15, -0.1) is 11.3 Å². The van der Waals surface area contributed by atoms with Gasteiger partial charge in [0.25, 0.3) is 5.91 Å². The van der Waals surface area contributed by atoms with E-state index in [4.69, 9.17) is 9.47 Å². The van der Waals surface area contributed by atoms with E-state index in [9.17, 15) is 14.7 Å². The predicted molar refractivity (Wildman–Crippen MR) is 141 cm³/mol. The highest BCUT2D eigenvalue weighted by Gasteiger charge is 2.34. The Morgan fingerprint density at radius 2 is 1.71 bits per heavy atom. The zero-order valence-corrected chi connectivity index (χ0v) is 23.4. The maximum atomic E-state index is 12.9. The fourth-order valence-corrected chi connectivity index (χ4v) is 5.55. The first-order valence-electron chi connectivity index (χ1n) is 12.2. The lowest BCUT2D eigenvalue weighted by molar-refractivity contribution is -0.142. The first kappa shape index (κ1) is 28.9. The molecule has 0 saturated carbocycles. The number of benzene rings is 1. The molecule has 2 aromatic rings. The summed E-state index contributed by atoms with van der Waals surface area (Å²) < 4.78 is 10.7. The Balaban J connectivity index is 2.36. The van der Waals surface area contributed by atoms with Gasteiger partial charge in [-0.05, 0) is 67.9 Å². The van der Waals surface area contributed by atoms with Crippen molar-refractivity contribution in [1.29, 1.82) is 0 Å². The standard InChI is InChI=1S/C28H41NO5S/c1-10-28(11-2,20-12-13-21(17(3)14-20)34-16-22(30)27(6,7)8)23-15-18(4)24(35-23)25(31)29-19(5)26(32)33-9/h12-15,19,22,30H,10-11,16H2,1-9H3,(H,29,31). The molecule has 1 aromatic heterocycles. The number of methoxy groups -OCH3 is 1.